The zero-order valence-corrected chi connectivity index (χ0v) is 13.8. The first-order valence-electron chi connectivity index (χ1n) is 7.18. The van der Waals surface area contributed by atoms with E-state index < -0.39 is 0 Å². The highest BCUT2D eigenvalue weighted by Crippen LogP contribution is 2.31. The minimum atomic E-state index is 0.731. The lowest BCUT2D eigenvalue weighted by Gasteiger charge is -2.42. The number of benzene rings is 1. The molecule has 0 bridgehead atoms. The first kappa shape index (κ1) is 14.6. The highest BCUT2D eigenvalue weighted by molar-refractivity contribution is 8.23. The Kier molecular flexibility index (Phi) is 4.87. The fourth-order valence-electron chi connectivity index (χ4n) is 2.97. The van der Waals surface area contributed by atoms with Crippen molar-refractivity contribution < 1.29 is 0 Å². The summed E-state index contributed by atoms with van der Waals surface area (Å²) in [7, 11) is 0. The van der Waals surface area contributed by atoms with Crippen molar-refractivity contribution in [3.8, 4) is 0 Å². The molecule has 1 saturated heterocycles. The van der Waals surface area contributed by atoms with Crippen molar-refractivity contribution in [2.24, 2.45) is 0 Å². The first-order valence-corrected chi connectivity index (χ1v) is 8.95. The lowest BCUT2D eigenvalue weighted by Crippen LogP contribution is -2.49. The van der Waals surface area contributed by atoms with E-state index in [1.807, 2.05) is 12.1 Å². The van der Waals surface area contributed by atoms with Gasteiger partial charge in [0, 0.05) is 16.8 Å². The molecule has 1 aliphatic carbocycles. The fourth-order valence-corrected chi connectivity index (χ4v) is 4.31. The highest BCUT2D eigenvalue weighted by Gasteiger charge is 2.28. The highest BCUT2D eigenvalue weighted by atomic mass is 35.5. The lowest BCUT2D eigenvalue weighted by atomic mass is 9.95. The monoisotopic (exact) mass is 326 g/mol. The average Bonchev–Trinajstić information content (AvgIpc) is 2.50. The van der Waals surface area contributed by atoms with Crippen LogP contribution in [-0.2, 0) is 0 Å². The van der Waals surface area contributed by atoms with Gasteiger partial charge in [0.25, 0.3) is 0 Å². The Balaban J connectivity index is 1.72. The molecule has 108 valence electrons. The van der Waals surface area contributed by atoms with Gasteiger partial charge in [-0.15, -0.1) is 0 Å². The van der Waals surface area contributed by atoms with Crippen LogP contribution in [0.3, 0.4) is 0 Å². The summed E-state index contributed by atoms with van der Waals surface area (Å²) in [6.45, 7) is 0.915. The summed E-state index contributed by atoms with van der Waals surface area (Å²) in [5, 5.41) is 0.772. The van der Waals surface area contributed by atoms with Crippen LogP contribution < -0.4 is 4.90 Å². The Bertz CT molecular complexity index is 471. The average molecular weight is 327 g/mol. The molecule has 2 nitrogen and oxygen atoms in total. The van der Waals surface area contributed by atoms with Crippen molar-refractivity contribution >= 4 is 45.6 Å². The quantitative estimate of drug-likeness (QED) is 0.725. The summed E-state index contributed by atoms with van der Waals surface area (Å²) in [5.74, 6) is 1.04. The SMILES string of the molecule is S=C1SCN(C2CCCCC2)CN1c1ccc(Cl)cc1. The van der Waals surface area contributed by atoms with E-state index in [1.165, 1.54) is 32.1 Å². The Morgan fingerprint density at radius 1 is 1.10 bits per heavy atom. The summed E-state index contributed by atoms with van der Waals surface area (Å²) in [5.41, 5.74) is 1.15. The van der Waals surface area contributed by atoms with Gasteiger partial charge in [-0.3, -0.25) is 4.90 Å². The maximum Gasteiger partial charge on any atom is 0.143 e. The van der Waals surface area contributed by atoms with Crippen molar-refractivity contribution in [3.63, 3.8) is 0 Å². The number of hydrogen-bond acceptors (Lipinski definition) is 3. The Morgan fingerprint density at radius 3 is 2.50 bits per heavy atom. The van der Waals surface area contributed by atoms with E-state index >= 15 is 0 Å². The molecule has 1 aromatic carbocycles. The molecule has 20 heavy (non-hydrogen) atoms. The van der Waals surface area contributed by atoms with Gasteiger partial charge >= 0.3 is 0 Å². The van der Waals surface area contributed by atoms with Crippen LogP contribution in [-0.4, -0.2) is 27.8 Å². The van der Waals surface area contributed by atoms with E-state index in [0.29, 0.717) is 0 Å². The van der Waals surface area contributed by atoms with Gasteiger partial charge in [0.05, 0.1) is 12.5 Å². The van der Waals surface area contributed by atoms with Crippen LogP contribution in [0.15, 0.2) is 24.3 Å². The van der Waals surface area contributed by atoms with E-state index in [0.717, 1.165) is 33.6 Å². The standard InChI is InChI=1S/C15H19ClN2S2/c16-12-6-8-14(9-7-12)18-10-17(11-20-15(18)19)13-4-2-1-3-5-13/h6-9,13H,1-5,10-11H2. The minimum absolute atomic E-state index is 0.731. The normalized spacial score (nSPS) is 22.2. The molecule has 0 spiro atoms. The number of thioether (sulfide) groups is 1. The van der Waals surface area contributed by atoms with Crippen molar-refractivity contribution in [2.75, 3.05) is 17.4 Å². The van der Waals surface area contributed by atoms with Gasteiger partial charge in [-0.25, -0.2) is 0 Å². The van der Waals surface area contributed by atoms with Crippen molar-refractivity contribution in [1.29, 1.82) is 0 Å². The van der Waals surface area contributed by atoms with E-state index in [4.69, 9.17) is 23.8 Å². The summed E-state index contributed by atoms with van der Waals surface area (Å²) < 4.78 is 0.972. The number of rotatable bonds is 2. The summed E-state index contributed by atoms with van der Waals surface area (Å²) in [4.78, 5) is 4.81. The number of halogens is 1. The smallest absolute Gasteiger partial charge is 0.143 e. The molecule has 1 saturated carbocycles. The number of nitrogens with zero attached hydrogens (tertiary/aromatic N) is 2. The number of hydrogen-bond donors (Lipinski definition) is 0. The van der Waals surface area contributed by atoms with Crippen LogP contribution in [0.4, 0.5) is 5.69 Å². The van der Waals surface area contributed by atoms with E-state index in [2.05, 4.69) is 21.9 Å². The van der Waals surface area contributed by atoms with Gasteiger partial charge in [-0.1, -0.05) is 54.8 Å². The molecule has 2 fully saturated rings. The molecule has 2 aliphatic rings. The lowest BCUT2D eigenvalue weighted by molar-refractivity contribution is 0.187. The van der Waals surface area contributed by atoms with Gasteiger partial charge in [-0.05, 0) is 37.1 Å². The van der Waals surface area contributed by atoms with Crippen molar-refractivity contribution in [2.45, 2.75) is 38.1 Å². The maximum atomic E-state index is 5.97. The zero-order valence-electron chi connectivity index (χ0n) is 11.4. The Hall–Kier alpha value is -0.290. The molecule has 0 unspecified atom stereocenters. The summed E-state index contributed by atoms with van der Waals surface area (Å²) >= 11 is 13.3. The minimum Gasteiger partial charge on any atom is -0.314 e. The van der Waals surface area contributed by atoms with Gasteiger partial charge in [0.15, 0.2) is 0 Å². The predicted molar refractivity (Wildman–Crippen MR) is 92.6 cm³/mol. The van der Waals surface area contributed by atoms with Crippen LogP contribution in [0.25, 0.3) is 0 Å². The fraction of sp³-hybridized carbons (Fsp3) is 0.533. The van der Waals surface area contributed by atoms with Gasteiger partial charge in [0.1, 0.15) is 4.32 Å². The second kappa shape index (κ2) is 6.65. The van der Waals surface area contributed by atoms with E-state index in [9.17, 15) is 0 Å². The first-order chi connectivity index (χ1) is 9.74. The summed E-state index contributed by atoms with van der Waals surface area (Å²) in [6, 6.07) is 8.71. The summed E-state index contributed by atoms with van der Waals surface area (Å²) in [6.07, 6.45) is 6.81. The van der Waals surface area contributed by atoms with E-state index in [-0.39, 0.29) is 0 Å². The Morgan fingerprint density at radius 2 is 1.80 bits per heavy atom. The largest absolute Gasteiger partial charge is 0.314 e. The molecule has 3 rings (SSSR count). The third-order valence-corrected chi connectivity index (χ3v) is 5.88. The second-order valence-electron chi connectivity index (χ2n) is 5.47. The molecule has 0 N–H and O–H groups in total. The van der Waals surface area contributed by atoms with Crippen LogP contribution in [0.1, 0.15) is 32.1 Å². The van der Waals surface area contributed by atoms with Crippen molar-refractivity contribution in [1.82, 2.24) is 4.90 Å². The second-order valence-corrected chi connectivity index (χ2v) is 7.48. The maximum absolute atomic E-state index is 5.97. The van der Waals surface area contributed by atoms with Gasteiger partial charge < -0.3 is 4.90 Å². The van der Waals surface area contributed by atoms with Crippen LogP contribution in [0.5, 0.6) is 0 Å². The molecule has 0 amide bonds. The van der Waals surface area contributed by atoms with Crippen LogP contribution in [0, 0.1) is 0 Å². The molecular formula is C15H19ClN2S2. The molecule has 0 radical (unpaired) electrons. The molecule has 5 heteroatoms. The third kappa shape index (κ3) is 3.30. The van der Waals surface area contributed by atoms with Crippen molar-refractivity contribution in [3.05, 3.63) is 29.3 Å². The Labute approximate surface area is 135 Å². The zero-order chi connectivity index (χ0) is 13.9. The van der Waals surface area contributed by atoms with Gasteiger partial charge in [-0.2, -0.15) is 0 Å². The number of thiocarbonyl (C=S) groups is 1. The third-order valence-electron chi connectivity index (χ3n) is 4.13. The topological polar surface area (TPSA) is 6.48 Å². The molecule has 1 heterocycles. The van der Waals surface area contributed by atoms with Crippen LogP contribution >= 0.6 is 35.6 Å². The molecule has 0 aromatic heterocycles. The van der Waals surface area contributed by atoms with Gasteiger partial charge in [0.2, 0.25) is 0 Å². The molecule has 0 atom stereocenters. The molecule has 1 aromatic rings. The molecular weight excluding hydrogens is 308 g/mol. The van der Waals surface area contributed by atoms with Crippen LogP contribution in [0.2, 0.25) is 5.02 Å². The molecule has 1 aliphatic heterocycles. The predicted octanol–water partition coefficient (Wildman–Crippen LogP) is 4.73. The van der Waals surface area contributed by atoms with E-state index in [1.54, 1.807) is 11.8 Å². The number of anilines is 1.